The van der Waals surface area contributed by atoms with Crippen LogP contribution < -0.4 is 15.4 Å². The number of hydrogen-bond donors (Lipinski definition) is 2. The minimum absolute atomic E-state index is 0. The normalized spacial score (nSPS) is 28.6. The molecule has 2 bridgehead atoms. The van der Waals surface area contributed by atoms with Gasteiger partial charge in [-0.2, -0.15) is 0 Å². The van der Waals surface area contributed by atoms with E-state index < -0.39 is 0 Å². The summed E-state index contributed by atoms with van der Waals surface area (Å²) in [6, 6.07) is 3.33. The van der Waals surface area contributed by atoms with Gasteiger partial charge in [0.2, 0.25) is 0 Å². The van der Waals surface area contributed by atoms with Crippen LogP contribution in [-0.4, -0.2) is 31.1 Å². The second-order valence-corrected chi connectivity index (χ2v) is 6.04. The fourth-order valence-electron chi connectivity index (χ4n) is 2.98. The van der Waals surface area contributed by atoms with E-state index in [1.165, 1.54) is 24.2 Å². The Morgan fingerprint density at radius 2 is 2.11 bits per heavy atom. The minimum atomic E-state index is 0. The lowest BCUT2D eigenvalue weighted by Crippen LogP contribution is -2.47. The molecule has 2 aliphatic heterocycles. The van der Waals surface area contributed by atoms with Crippen LogP contribution in [0.1, 0.15) is 35.4 Å². The summed E-state index contributed by atoms with van der Waals surface area (Å²) in [6.45, 7) is 0. The van der Waals surface area contributed by atoms with Crippen molar-refractivity contribution in [3.8, 4) is 5.75 Å². The molecule has 6 heteroatoms. The number of hydrogen-bond acceptors (Lipinski definition) is 4. The van der Waals surface area contributed by atoms with E-state index in [2.05, 4.69) is 10.6 Å². The summed E-state index contributed by atoms with van der Waals surface area (Å²) in [6.07, 6.45) is 4.63. The van der Waals surface area contributed by atoms with Crippen molar-refractivity contribution in [2.75, 3.05) is 7.11 Å². The Labute approximate surface area is 123 Å². The number of ether oxygens (including phenoxy) is 1. The quantitative estimate of drug-likeness (QED) is 0.900. The molecule has 106 valence electrons. The first-order valence-electron chi connectivity index (χ1n) is 6.44. The predicted molar refractivity (Wildman–Crippen MR) is 78.6 cm³/mol. The van der Waals surface area contributed by atoms with Crippen LogP contribution in [0.4, 0.5) is 0 Å². The van der Waals surface area contributed by atoms with E-state index >= 15 is 0 Å². The maximum atomic E-state index is 12.1. The number of methoxy groups -OCH3 is 1. The third-order valence-corrected chi connectivity index (χ3v) is 4.75. The van der Waals surface area contributed by atoms with Crippen molar-refractivity contribution in [1.29, 1.82) is 0 Å². The molecule has 1 amide bonds. The summed E-state index contributed by atoms with van der Waals surface area (Å²) in [7, 11) is 1.62. The van der Waals surface area contributed by atoms with Gasteiger partial charge in [0.05, 0.1) is 12.0 Å². The Balaban J connectivity index is 0.00000133. The van der Waals surface area contributed by atoms with Gasteiger partial charge in [0.25, 0.3) is 5.91 Å². The van der Waals surface area contributed by atoms with E-state index in [0.29, 0.717) is 18.1 Å². The predicted octanol–water partition coefficient (Wildman–Crippen LogP) is 2.19. The third kappa shape index (κ3) is 3.22. The molecule has 3 rings (SSSR count). The van der Waals surface area contributed by atoms with Gasteiger partial charge in [-0.3, -0.25) is 4.79 Å². The second-order valence-electron chi connectivity index (χ2n) is 5.13. The van der Waals surface area contributed by atoms with Crippen molar-refractivity contribution >= 4 is 29.7 Å². The Hall–Kier alpha value is -0.780. The highest BCUT2D eigenvalue weighted by Gasteiger charge is 2.34. The van der Waals surface area contributed by atoms with Gasteiger partial charge in [-0.15, -0.1) is 23.7 Å². The van der Waals surface area contributed by atoms with Gasteiger partial charge < -0.3 is 15.4 Å². The third-order valence-electron chi connectivity index (χ3n) is 3.84. The molecule has 4 nitrogen and oxygen atoms in total. The molecule has 2 atom stereocenters. The molecule has 19 heavy (non-hydrogen) atoms. The van der Waals surface area contributed by atoms with Crippen LogP contribution in [0, 0.1) is 0 Å². The standard InChI is InChI=1S/C13H18N2O2S.ClH/c1-17-11-6-12(18-7-11)13(16)15-10-4-8-2-3-9(5-10)14-8;/h6-10,14H,2-5H2,1H3,(H,15,16);1H. The number of fused-ring (bicyclic) bond motifs is 2. The summed E-state index contributed by atoms with van der Waals surface area (Å²) >= 11 is 1.44. The van der Waals surface area contributed by atoms with Gasteiger partial charge >= 0.3 is 0 Å². The van der Waals surface area contributed by atoms with Gasteiger partial charge in [-0.1, -0.05) is 0 Å². The zero-order chi connectivity index (χ0) is 12.5. The number of rotatable bonds is 3. The first-order valence-corrected chi connectivity index (χ1v) is 7.32. The molecular weight excluding hydrogens is 284 g/mol. The minimum Gasteiger partial charge on any atom is -0.496 e. The lowest BCUT2D eigenvalue weighted by Gasteiger charge is -2.29. The summed E-state index contributed by atoms with van der Waals surface area (Å²) in [5.74, 6) is 0.796. The molecule has 2 aliphatic rings. The van der Waals surface area contributed by atoms with Gasteiger partial charge in [-0.05, 0) is 25.7 Å². The van der Waals surface area contributed by atoms with Crippen LogP contribution in [0.5, 0.6) is 5.75 Å². The van der Waals surface area contributed by atoms with E-state index in [-0.39, 0.29) is 18.3 Å². The summed E-state index contributed by atoms with van der Waals surface area (Å²) < 4.78 is 5.10. The number of nitrogens with one attached hydrogen (secondary N) is 2. The molecule has 0 spiro atoms. The van der Waals surface area contributed by atoms with Crippen LogP contribution in [0.15, 0.2) is 11.4 Å². The number of carbonyl (C=O) groups is 1. The lowest BCUT2D eigenvalue weighted by molar-refractivity contribution is 0.0928. The molecule has 1 aromatic rings. The van der Waals surface area contributed by atoms with Crippen LogP contribution in [0.25, 0.3) is 0 Å². The van der Waals surface area contributed by atoms with Gasteiger partial charge in [0, 0.05) is 29.6 Å². The number of thiophene rings is 1. The average molecular weight is 303 g/mol. The van der Waals surface area contributed by atoms with Gasteiger partial charge in [0.15, 0.2) is 0 Å². The molecule has 2 saturated heterocycles. The topological polar surface area (TPSA) is 50.4 Å². The summed E-state index contributed by atoms with van der Waals surface area (Å²) in [4.78, 5) is 12.8. The maximum Gasteiger partial charge on any atom is 0.261 e. The molecule has 3 heterocycles. The highest BCUT2D eigenvalue weighted by Crippen LogP contribution is 2.27. The zero-order valence-corrected chi connectivity index (χ0v) is 12.5. The number of amides is 1. The lowest BCUT2D eigenvalue weighted by atomic mass is 10.00. The monoisotopic (exact) mass is 302 g/mol. The van der Waals surface area contributed by atoms with Crippen molar-refractivity contribution in [2.45, 2.75) is 43.8 Å². The molecule has 0 aromatic carbocycles. The zero-order valence-electron chi connectivity index (χ0n) is 10.8. The largest absolute Gasteiger partial charge is 0.496 e. The van der Waals surface area contributed by atoms with Crippen molar-refractivity contribution in [3.63, 3.8) is 0 Å². The molecule has 1 aromatic heterocycles. The van der Waals surface area contributed by atoms with Crippen LogP contribution in [0.2, 0.25) is 0 Å². The molecule has 2 fully saturated rings. The summed E-state index contributed by atoms with van der Waals surface area (Å²) in [5.41, 5.74) is 0. The fraction of sp³-hybridized carbons (Fsp3) is 0.615. The van der Waals surface area contributed by atoms with Crippen molar-refractivity contribution < 1.29 is 9.53 Å². The SMILES string of the molecule is COc1csc(C(=O)NC2CC3CCC(C2)N3)c1.Cl. The number of piperidine rings is 1. The highest BCUT2D eigenvalue weighted by molar-refractivity contribution is 7.12. The Morgan fingerprint density at radius 1 is 1.42 bits per heavy atom. The number of halogens is 1. The molecular formula is C13H19ClN2O2S. The first-order chi connectivity index (χ1) is 8.74. The van der Waals surface area contributed by atoms with E-state index in [0.717, 1.165) is 23.5 Å². The number of carbonyl (C=O) groups excluding carboxylic acids is 1. The highest BCUT2D eigenvalue weighted by atomic mass is 35.5. The Kier molecular flexibility index (Phi) is 4.71. The fourth-order valence-corrected chi connectivity index (χ4v) is 3.73. The Morgan fingerprint density at radius 3 is 2.68 bits per heavy atom. The molecule has 2 N–H and O–H groups in total. The smallest absolute Gasteiger partial charge is 0.261 e. The van der Waals surface area contributed by atoms with Crippen molar-refractivity contribution in [3.05, 3.63) is 16.3 Å². The van der Waals surface area contributed by atoms with E-state index in [1.807, 2.05) is 5.38 Å². The molecule has 0 aliphatic carbocycles. The van der Waals surface area contributed by atoms with Gasteiger partial charge in [-0.25, -0.2) is 0 Å². The summed E-state index contributed by atoms with van der Waals surface area (Å²) in [5, 5.41) is 8.59. The molecule has 2 unspecified atom stereocenters. The second kappa shape index (κ2) is 6.11. The average Bonchev–Trinajstić information content (AvgIpc) is 2.96. The van der Waals surface area contributed by atoms with E-state index in [1.54, 1.807) is 13.2 Å². The Bertz CT molecular complexity index is 440. The van der Waals surface area contributed by atoms with Crippen molar-refractivity contribution in [1.82, 2.24) is 10.6 Å². The first kappa shape index (κ1) is 14.6. The van der Waals surface area contributed by atoms with Crippen LogP contribution in [-0.2, 0) is 0 Å². The van der Waals surface area contributed by atoms with Crippen molar-refractivity contribution in [2.24, 2.45) is 0 Å². The van der Waals surface area contributed by atoms with E-state index in [9.17, 15) is 4.79 Å². The van der Waals surface area contributed by atoms with E-state index in [4.69, 9.17) is 4.74 Å². The van der Waals surface area contributed by atoms with Crippen LogP contribution >= 0.6 is 23.7 Å². The van der Waals surface area contributed by atoms with Crippen LogP contribution in [0.3, 0.4) is 0 Å². The maximum absolute atomic E-state index is 12.1. The molecule has 0 radical (unpaired) electrons. The van der Waals surface area contributed by atoms with Gasteiger partial charge in [0.1, 0.15) is 5.75 Å². The molecule has 0 saturated carbocycles.